The Bertz CT molecular complexity index is 1100. The molecule has 4 aromatic rings. The number of furan rings is 1. The highest BCUT2D eigenvalue weighted by atomic mass is 16.3. The molecule has 0 N–H and O–H groups in total. The number of hydrogen-bond acceptors (Lipinski definition) is 2. The summed E-state index contributed by atoms with van der Waals surface area (Å²) in [6, 6.07) is 15.7. The lowest BCUT2D eigenvalue weighted by molar-refractivity contribution is 0.616. The summed E-state index contributed by atoms with van der Waals surface area (Å²) in [7, 11) is 0. The summed E-state index contributed by atoms with van der Waals surface area (Å²) in [5, 5.41) is 3.66. The maximum Gasteiger partial charge on any atom is 0.143 e. The van der Waals surface area contributed by atoms with E-state index in [-0.39, 0.29) is 0 Å². The van der Waals surface area contributed by atoms with Crippen LogP contribution in [-0.2, 0) is 6.42 Å². The average molecular weight is 355 g/mol. The molecule has 0 saturated heterocycles. The molecule has 0 amide bonds. The Labute approximate surface area is 160 Å². The molecule has 1 aliphatic carbocycles. The van der Waals surface area contributed by atoms with Crippen molar-refractivity contribution in [1.29, 1.82) is 0 Å². The molecule has 1 saturated carbocycles. The van der Waals surface area contributed by atoms with Gasteiger partial charge >= 0.3 is 0 Å². The van der Waals surface area contributed by atoms with E-state index in [9.17, 15) is 0 Å². The molecule has 27 heavy (non-hydrogen) atoms. The highest BCUT2D eigenvalue weighted by Crippen LogP contribution is 2.40. The molecule has 2 heteroatoms. The predicted molar refractivity (Wildman–Crippen MR) is 112 cm³/mol. The molecule has 1 aliphatic rings. The minimum absolute atomic E-state index is 0.675. The molecule has 0 radical (unpaired) electrons. The van der Waals surface area contributed by atoms with Crippen molar-refractivity contribution in [2.75, 3.05) is 0 Å². The van der Waals surface area contributed by atoms with Crippen LogP contribution in [0.15, 0.2) is 59.3 Å². The zero-order chi connectivity index (χ0) is 18.2. The van der Waals surface area contributed by atoms with Gasteiger partial charge in [0.2, 0.25) is 0 Å². The van der Waals surface area contributed by atoms with Crippen LogP contribution in [0.3, 0.4) is 0 Å². The fourth-order valence-corrected chi connectivity index (χ4v) is 4.66. The number of aryl methyl sites for hydroxylation is 1. The molecular formula is C25H25NO. The van der Waals surface area contributed by atoms with Gasteiger partial charge in [0.25, 0.3) is 0 Å². The van der Waals surface area contributed by atoms with Crippen molar-refractivity contribution in [3.05, 3.63) is 66.1 Å². The molecule has 0 aliphatic heterocycles. The van der Waals surface area contributed by atoms with Crippen LogP contribution in [0.4, 0.5) is 0 Å². The zero-order valence-corrected chi connectivity index (χ0v) is 15.9. The van der Waals surface area contributed by atoms with E-state index in [0.717, 1.165) is 23.3 Å². The summed E-state index contributed by atoms with van der Waals surface area (Å²) >= 11 is 0. The number of fused-ring (bicyclic) bond motifs is 2. The third kappa shape index (κ3) is 2.93. The molecule has 136 valence electrons. The monoisotopic (exact) mass is 355 g/mol. The van der Waals surface area contributed by atoms with Crippen molar-refractivity contribution >= 4 is 21.7 Å². The van der Waals surface area contributed by atoms with Gasteiger partial charge in [-0.1, -0.05) is 44.4 Å². The predicted octanol–water partition coefficient (Wildman–Crippen LogP) is 7.26. The highest BCUT2D eigenvalue weighted by Gasteiger charge is 2.21. The molecule has 2 heterocycles. The first-order valence-electron chi connectivity index (χ1n) is 10.2. The van der Waals surface area contributed by atoms with E-state index in [4.69, 9.17) is 9.40 Å². The Morgan fingerprint density at radius 1 is 1.00 bits per heavy atom. The van der Waals surface area contributed by atoms with Crippen molar-refractivity contribution < 1.29 is 4.42 Å². The van der Waals surface area contributed by atoms with Gasteiger partial charge in [-0.2, -0.15) is 0 Å². The van der Waals surface area contributed by atoms with Gasteiger partial charge in [0.1, 0.15) is 5.58 Å². The maximum absolute atomic E-state index is 5.89. The number of hydrogen-bond donors (Lipinski definition) is 0. The van der Waals surface area contributed by atoms with Gasteiger partial charge in [0.15, 0.2) is 0 Å². The van der Waals surface area contributed by atoms with E-state index in [2.05, 4.69) is 49.4 Å². The van der Waals surface area contributed by atoms with Crippen LogP contribution in [0.2, 0.25) is 0 Å². The summed E-state index contributed by atoms with van der Waals surface area (Å²) < 4.78 is 5.89. The third-order valence-electron chi connectivity index (χ3n) is 6.02. The topological polar surface area (TPSA) is 26.0 Å². The number of pyridine rings is 1. The lowest BCUT2D eigenvalue weighted by Gasteiger charge is -2.13. The van der Waals surface area contributed by atoms with Crippen LogP contribution in [0.1, 0.15) is 56.1 Å². The molecule has 5 rings (SSSR count). The average Bonchev–Trinajstić information content (AvgIpc) is 3.38. The number of rotatable bonds is 4. The molecule has 2 nitrogen and oxygen atoms in total. The molecule has 1 fully saturated rings. The Kier molecular flexibility index (Phi) is 4.20. The standard InChI is InChI=1S/C25H25NO/c1-2-5-17-8-9-22-19(14-17)10-12-26-24(22)23-16-21(18-6-3-4-7-18)15-20-11-13-27-25(20)23/h8-16,18H,2-7H2,1H3. The molecule has 2 aromatic heterocycles. The Hall–Kier alpha value is -2.61. The van der Waals surface area contributed by atoms with Crippen molar-refractivity contribution in [1.82, 2.24) is 4.98 Å². The lowest BCUT2D eigenvalue weighted by atomic mass is 9.92. The van der Waals surface area contributed by atoms with Crippen LogP contribution in [-0.4, -0.2) is 4.98 Å². The number of nitrogens with zero attached hydrogens (tertiary/aromatic N) is 1. The quantitative estimate of drug-likeness (QED) is 0.385. The maximum atomic E-state index is 5.89. The summed E-state index contributed by atoms with van der Waals surface area (Å²) in [6.45, 7) is 2.23. The van der Waals surface area contributed by atoms with E-state index >= 15 is 0 Å². The molecule has 2 aromatic carbocycles. The van der Waals surface area contributed by atoms with Crippen LogP contribution < -0.4 is 0 Å². The van der Waals surface area contributed by atoms with Gasteiger partial charge in [-0.15, -0.1) is 0 Å². The van der Waals surface area contributed by atoms with Crippen LogP contribution in [0.5, 0.6) is 0 Å². The summed E-state index contributed by atoms with van der Waals surface area (Å²) in [5.41, 5.74) is 5.96. The van der Waals surface area contributed by atoms with Crippen molar-refractivity contribution in [3.8, 4) is 11.3 Å². The first-order valence-corrected chi connectivity index (χ1v) is 10.2. The summed E-state index contributed by atoms with van der Waals surface area (Å²) in [4.78, 5) is 4.79. The van der Waals surface area contributed by atoms with Gasteiger partial charge in [-0.25, -0.2) is 0 Å². The Morgan fingerprint density at radius 2 is 1.89 bits per heavy atom. The summed E-state index contributed by atoms with van der Waals surface area (Å²) in [5.74, 6) is 0.675. The van der Waals surface area contributed by atoms with Crippen molar-refractivity contribution in [2.45, 2.75) is 51.4 Å². The number of benzene rings is 2. The normalized spacial score (nSPS) is 15.1. The minimum Gasteiger partial charge on any atom is -0.464 e. The zero-order valence-electron chi connectivity index (χ0n) is 15.9. The van der Waals surface area contributed by atoms with Gasteiger partial charge in [0, 0.05) is 22.5 Å². The molecular weight excluding hydrogens is 330 g/mol. The third-order valence-corrected chi connectivity index (χ3v) is 6.02. The summed E-state index contributed by atoms with van der Waals surface area (Å²) in [6.07, 6.45) is 11.3. The van der Waals surface area contributed by atoms with E-state index in [1.165, 1.54) is 59.4 Å². The number of aromatic nitrogens is 1. The molecule has 0 spiro atoms. The second-order valence-electron chi connectivity index (χ2n) is 7.85. The van der Waals surface area contributed by atoms with Crippen LogP contribution in [0, 0.1) is 0 Å². The van der Waals surface area contributed by atoms with E-state index < -0.39 is 0 Å². The van der Waals surface area contributed by atoms with E-state index in [1.807, 2.05) is 6.20 Å². The van der Waals surface area contributed by atoms with Crippen LogP contribution in [0.25, 0.3) is 33.0 Å². The van der Waals surface area contributed by atoms with Crippen LogP contribution >= 0.6 is 0 Å². The van der Waals surface area contributed by atoms with E-state index in [0.29, 0.717) is 5.92 Å². The first kappa shape index (κ1) is 16.6. The Balaban J connectivity index is 1.71. The van der Waals surface area contributed by atoms with Crippen molar-refractivity contribution in [2.24, 2.45) is 0 Å². The van der Waals surface area contributed by atoms with E-state index in [1.54, 1.807) is 6.26 Å². The second-order valence-corrected chi connectivity index (χ2v) is 7.85. The molecule has 0 bridgehead atoms. The minimum atomic E-state index is 0.675. The molecule has 0 unspecified atom stereocenters. The Morgan fingerprint density at radius 3 is 2.74 bits per heavy atom. The van der Waals surface area contributed by atoms with Gasteiger partial charge in [0.05, 0.1) is 12.0 Å². The first-order chi connectivity index (χ1) is 13.3. The highest BCUT2D eigenvalue weighted by molar-refractivity contribution is 6.02. The van der Waals surface area contributed by atoms with Gasteiger partial charge in [-0.05, 0) is 66.0 Å². The fourth-order valence-electron chi connectivity index (χ4n) is 4.66. The van der Waals surface area contributed by atoms with Crippen molar-refractivity contribution in [3.63, 3.8) is 0 Å². The lowest BCUT2D eigenvalue weighted by Crippen LogP contribution is -1.95. The smallest absolute Gasteiger partial charge is 0.143 e. The fraction of sp³-hybridized carbons (Fsp3) is 0.320. The SMILES string of the molecule is CCCc1ccc2c(-c3cc(C4CCCC4)cc4ccoc34)nccc2c1. The second kappa shape index (κ2) is 6.84. The van der Waals surface area contributed by atoms with Gasteiger partial charge in [-0.3, -0.25) is 4.98 Å². The van der Waals surface area contributed by atoms with Gasteiger partial charge < -0.3 is 4.42 Å². The molecule has 0 atom stereocenters. The largest absolute Gasteiger partial charge is 0.464 e.